The second-order valence-electron chi connectivity index (χ2n) is 9.83. The second-order valence-corrected chi connectivity index (χ2v) is 12.5. The fourth-order valence-electron chi connectivity index (χ4n) is 4.19. The fraction of sp³-hybridized carbons (Fsp3) is 0.355. The maximum atomic E-state index is 14.0. The molecule has 0 aliphatic heterocycles. The summed E-state index contributed by atoms with van der Waals surface area (Å²) in [5, 5.41) is 3.62. The monoisotopic (exact) mass is 633 g/mol. The minimum atomic E-state index is -4.17. The van der Waals surface area contributed by atoms with Crippen molar-refractivity contribution in [2.24, 2.45) is 0 Å². The summed E-state index contributed by atoms with van der Waals surface area (Å²) < 4.78 is 34.5. The highest BCUT2D eigenvalue weighted by Gasteiger charge is 2.32. The van der Waals surface area contributed by atoms with Gasteiger partial charge in [0.15, 0.2) is 0 Å². The van der Waals surface area contributed by atoms with Crippen molar-refractivity contribution < 1.29 is 22.7 Å². The Bertz CT molecular complexity index is 1460. The quantitative estimate of drug-likeness (QED) is 0.212. The van der Waals surface area contributed by atoms with E-state index in [0.29, 0.717) is 34.5 Å². The molecule has 0 saturated heterocycles. The zero-order valence-electron chi connectivity index (χ0n) is 24.3. The number of carbonyl (C=O) groups excluding carboxylic acids is 2. The highest BCUT2D eigenvalue weighted by atomic mass is 35.5. The van der Waals surface area contributed by atoms with Gasteiger partial charge in [-0.3, -0.25) is 13.9 Å². The van der Waals surface area contributed by atoms with E-state index in [4.69, 9.17) is 27.9 Å². The van der Waals surface area contributed by atoms with E-state index in [2.05, 4.69) is 5.32 Å². The number of carbonyl (C=O) groups is 2. The number of sulfonamides is 1. The summed E-state index contributed by atoms with van der Waals surface area (Å²) in [6.45, 7) is 7.66. The van der Waals surface area contributed by atoms with E-state index >= 15 is 0 Å². The molecule has 0 saturated carbocycles. The van der Waals surface area contributed by atoms with Gasteiger partial charge in [0.25, 0.3) is 10.0 Å². The minimum Gasteiger partial charge on any atom is -0.494 e. The van der Waals surface area contributed by atoms with Gasteiger partial charge in [0.05, 0.1) is 17.2 Å². The lowest BCUT2D eigenvalue weighted by molar-refractivity contribution is -0.139. The lowest BCUT2D eigenvalue weighted by Gasteiger charge is -2.32. The lowest BCUT2D eigenvalue weighted by Crippen LogP contribution is -2.51. The van der Waals surface area contributed by atoms with Crippen molar-refractivity contribution in [3.63, 3.8) is 0 Å². The SMILES string of the molecule is CCCCNC(=O)C(C)N(Cc1ccc(Cl)cc1Cl)C(=O)CN(c1ccc(OCC)cc1)S(=O)(=O)c1ccc(C)cc1. The van der Waals surface area contributed by atoms with Crippen molar-refractivity contribution in [1.29, 1.82) is 0 Å². The molecule has 0 aliphatic carbocycles. The number of ether oxygens (including phenoxy) is 1. The summed E-state index contributed by atoms with van der Waals surface area (Å²) in [6.07, 6.45) is 1.68. The number of anilines is 1. The topological polar surface area (TPSA) is 96.0 Å². The van der Waals surface area contributed by atoms with Crippen molar-refractivity contribution in [1.82, 2.24) is 10.2 Å². The lowest BCUT2D eigenvalue weighted by atomic mass is 10.1. The molecule has 3 rings (SSSR count). The Balaban J connectivity index is 2.03. The molecular formula is C31H37Cl2N3O5S. The van der Waals surface area contributed by atoms with Crippen LogP contribution in [0.5, 0.6) is 5.75 Å². The first-order valence-electron chi connectivity index (χ1n) is 13.8. The Morgan fingerprint density at radius 1 is 0.976 bits per heavy atom. The van der Waals surface area contributed by atoms with Gasteiger partial charge in [-0.05, 0) is 81.3 Å². The summed E-state index contributed by atoms with van der Waals surface area (Å²) in [7, 11) is -4.17. The standard InChI is InChI=1S/C31H37Cl2N3O5S/c1-5-7-18-34-31(38)23(4)35(20-24-10-11-25(32)19-29(24)33)30(37)21-36(26-12-14-27(15-13-26)41-6-2)42(39,40)28-16-8-22(3)9-17-28/h8-17,19,23H,5-7,18,20-21H2,1-4H3,(H,34,38). The molecular weight excluding hydrogens is 597 g/mol. The molecule has 11 heteroatoms. The first-order valence-corrected chi connectivity index (χ1v) is 16.0. The zero-order valence-corrected chi connectivity index (χ0v) is 26.6. The molecule has 0 fully saturated rings. The number of hydrogen-bond donors (Lipinski definition) is 1. The highest BCUT2D eigenvalue weighted by molar-refractivity contribution is 7.92. The van der Waals surface area contributed by atoms with Gasteiger partial charge in [-0.15, -0.1) is 0 Å². The molecule has 1 unspecified atom stereocenters. The number of nitrogens with one attached hydrogen (secondary N) is 1. The van der Waals surface area contributed by atoms with E-state index in [1.807, 2.05) is 20.8 Å². The van der Waals surface area contributed by atoms with E-state index in [9.17, 15) is 18.0 Å². The van der Waals surface area contributed by atoms with E-state index in [1.54, 1.807) is 61.5 Å². The average Bonchev–Trinajstić information content (AvgIpc) is 2.96. The molecule has 3 aromatic carbocycles. The number of rotatable bonds is 14. The predicted molar refractivity (Wildman–Crippen MR) is 168 cm³/mol. The van der Waals surface area contributed by atoms with Crippen LogP contribution in [0.15, 0.2) is 71.6 Å². The number of unbranched alkanes of at least 4 members (excludes halogenated alkanes) is 1. The first-order chi connectivity index (χ1) is 20.0. The molecule has 0 aromatic heterocycles. The van der Waals surface area contributed by atoms with Gasteiger partial charge in [0.2, 0.25) is 11.8 Å². The molecule has 0 radical (unpaired) electrons. The van der Waals surface area contributed by atoms with Gasteiger partial charge >= 0.3 is 0 Å². The summed E-state index contributed by atoms with van der Waals surface area (Å²) >= 11 is 12.5. The summed E-state index contributed by atoms with van der Waals surface area (Å²) in [5.41, 5.74) is 1.74. The highest BCUT2D eigenvalue weighted by Crippen LogP contribution is 2.28. The van der Waals surface area contributed by atoms with Crippen molar-refractivity contribution in [2.75, 3.05) is 24.0 Å². The maximum absolute atomic E-state index is 14.0. The van der Waals surface area contributed by atoms with Crippen LogP contribution in [0.25, 0.3) is 0 Å². The Morgan fingerprint density at radius 3 is 2.24 bits per heavy atom. The third kappa shape index (κ3) is 8.63. The van der Waals surface area contributed by atoms with Gasteiger partial charge in [-0.2, -0.15) is 0 Å². The summed E-state index contributed by atoms with van der Waals surface area (Å²) in [6, 6.07) is 16.9. The molecule has 2 amide bonds. The van der Waals surface area contributed by atoms with Gasteiger partial charge < -0.3 is 15.0 Å². The van der Waals surface area contributed by atoms with Crippen LogP contribution >= 0.6 is 23.2 Å². The third-order valence-corrected chi connectivity index (χ3v) is 9.05. The van der Waals surface area contributed by atoms with Crippen molar-refractivity contribution >= 4 is 50.7 Å². The molecule has 226 valence electrons. The van der Waals surface area contributed by atoms with Crippen LogP contribution in [0, 0.1) is 6.92 Å². The van der Waals surface area contributed by atoms with Crippen LogP contribution in [-0.4, -0.2) is 50.9 Å². The molecule has 0 spiro atoms. The van der Waals surface area contributed by atoms with Gasteiger partial charge in [-0.25, -0.2) is 8.42 Å². The van der Waals surface area contributed by atoms with Crippen LogP contribution in [0.1, 0.15) is 44.7 Å². The van der Waals surface area contributed by atoms with E-state index in [0.717, 1.165) is 22.7 Å². The normalized spacial score (nSPS) is 12.0. The van der Waals surface area contributed by atoms with Crippen LogP contribution in [0.4, 0.5) is 5.69 Å². The largest absolute Gasteiger partial charge is 0.494 e. The molecule has 42 heavy (non-hydrogen) atoms. The molecule has 1 atom stereocenters. The van der Waals surface area contributed by atoms with E-state index < -0.39 is 28.5 Å². The Hall–Kier alpha value is -3.27. The molecule has 0 heterocycles. The summed E-state index contributed by atoms with van der Waals surface area (Å²) in [4.78, 5) is 28.5. The Morgan fingerprint density at radius 2 is 1.64 bits per heavy atom. The molecule has 8 nitrogen and oxygen atoms in total. The van der Waals surface area contributed by atoms with Crippen molar-refractivity contribution in [3.8, 4) is 5.75 Å². The third-order valence-electron chi connectivity index (χ3n) is 6.68. The van der Waals surface area contributed by atoms with E-state index in [1.165, 1.54) is 17.0 Å². The fourth-order valence-corrected chi connectivity index (χ4v) is 6.08. The molecule has 1 N–H and O–H groups in total. The molecule has 0 aliphatic rings. The number of hydrogen-bond acceptors (Lipinski definition) is 5. The number of benzene rings is 3. The van der Waals surface area contributed by atoms with Gasteiger partial charge in [0, 0.05) is 23.1 Å². The first kappa shape index (κ1) is 33.2. The van der Waals surface area contributed by atoms with Crippen LogP contribution in [-0.2, 0) is 26.2 Å². The number of amides is 2. The van der Waals surface area contributed by atoms with E-state index in [-0.39, 0.29) is 23.0 Å². The molecule has 0 bridgehead atoms. The van der Waals surface area contributed by atoms with Crippen molar-refractivity contribution in [3.05, 3.63) is 87.9 Å². The smallest absolute Gasteiger partial charge is 0.264 e. The zero-order chi connectivity index (χ0) is 30.9. The Kier molecular flexibility index (Phi) is 12.1. The van der Waals surface area contributed by atoms with Gasteiger partial charge in [0.1, 0.15) is 18.3 Å². The minimum absolute atomic E-state index is 0.0289. The average molecular weight is 635 g/mol. The van der Waals surface area contributed by atoms with Crippen molar-refractivity contribution in [2.45, 2.75) is 58.0 Å². The van der Waals surface area contributed by atoms with Crippen LogP contribution < -0.4 is 14.4 Å². The number of halogens is 2. The summed E-state index contributed by atoms with van der Waals surface area (Å²) in [5.74, 6) is -0.365. The number of nitrogens with zero attached hydrogens (tertiary/aromatic N) is 2. The number of aryl methyl sites for hydroxylation is 1. The predicted octanol–water partition coefficient (Wildman–Crippen LogP) is 6.23. The van der Waals surface area contributed by atoms with Crippen LogP contribution in [0.2, 0.25) is 10.0 Å². The maximum Gasteiger partial charge on any atom is 0.264 e. The van der Waals surface area contributed by atoms with Gasteiger partial charge in [-0.1, -0.05) is 60.3 Å². The second kappa shape index (κ2) is 15.3. The molecule has 3 aromatic rings. The van der Waals surface area contributed by atoms with Crippen LogP contribution in [0.3, 0.4) is 0 Å². The Labute approximate surface area is 258 Å².